The molecule has 1 aromatic rings. The van der Waals surface area contributed by atoms with Crippen LogP contribution in [0.25, 0.3) is 0 Å². The van der Waals surface area contributed by atoms with Crippen LogP contribution in [0.4, 0.5) is 11.4 Å². The average Bonchev–Trinajstić information content (AvgIpc) is 2.64. The molecule has 0 radical (unpaired) electrons. The van der Waals surface area contributed by atoms with Gasteiger partial charge in [0.2, 0.25) is 0 Å². The highest BCUT2D eigenvalue weighted by Gasteiger charge is 2.31. The van der Waals surface area contributed by atoms with Crippen molar-refractivity contribution < 1.29 is 9.84 Å². The third-order valence-electron chi connectivity index (χ3n) is 2.90. The molecule has 0 aliphatic carbocycles. The Bertz CT molecular complexity index is 373. The molecule has 1 heterocycles. The number of aryl methyl sites for hydroxylation is 1. The molecule has 4 heteroatoms. The van der Waals surface area contributed by atoms with Crippen LogP contribution in [0.1, 0.15) is 12.0 Å². The fourth-order valence-corrected chi connectivity index (χ4v) is 1.84. The molecule has 2 rings (SSSR count). The van der Waals surface area contributed by atoms with Crippen LogP contribution >= 0.6 is 0 Å². The molecule has 4 nitrogen and oxygen atoms in total. The fraction of sp³-hybridized carbons (Fsp3) is 0.500. The minimum Gasteiger partial charge on any atom is -0.397 e. The molecule has 4 N–H and O–H groups in total. The highest BCUT2D eigenvalue weighted by molar-refractivity contribution is 5.66. The Morgan fingerprint density at radius 3 is 3.00 bits per heavy atom. The zero-order valence-electron chi connectivity index (χ0n) is 9.49. The maximum Gasteiger partial charge on any atom is 0.107 e. The van der Waals surface area contributed by atoms with Gasteiger partial charge in [0.05, 0.1) is 18.0 Å². The lowest BCUT2D eigenvalue weighted by molar-refractivity contribution is 0.0382. The van der Waals surface area contributed by atoms with Crippen molar-refractivity contribution >= 4 is 11.4 Å². The summed E-state index contributed by atoms with van der Waals surface area (Å²) in [5.41, 5.74) is 7.83. The molecule has 0 aromatic heterocycles. The van der Waals surface area contributed by atoms with E-state index in [-0.39, 0.29) is 0 Å². The summed E-state index contributed by atoms with van der Waals surface area (Å²) in [5, 5.41) is 13.2. The lowest BCUT2D eigenvalue weighted by atomic mass is 10.0. The Morgan fingerprint density at radius 2 is 2.38 bits per heavy atom. The van der Waals surface area contributed by atoms with Crippen molar-refractivity contribution in [3.63, 3.8) is 0 Å². The molecule has 16 heavy (non-hydrogen) atoms. The van der Waals surface area contributed by atoms with Gasteiger partial charge in [-0.25, -0.2) is 0 Å². The Labute approximate surface area is 95.4 Å². The van der Waals surface area contributed by atoms with E-state index in [1.165, 1.54) is 0 Å². The number of hydrogen-bond donors (Lipinski definition) is 3. The Hall–Kier alpha value is -1.26. The molecule has 1 aromatic carbocycles. The van der Waals surface area contributed by atoms with Gasteiger partial charge in [-0.15, -0.1) is 0 Å². The quantitative estimate of drug-likeness (QED) is 0.671. The van der Waals surface area contributed by atoms with Gasteiger partial charge in [0.1, 0.15) is 5.60 Å². The molecule has 0 amide bonds. The predicted molar refractivity (Wildman–Crippen MR) is 64.5 cm³/mol. The first kappa shape index (κ1) is 11.2. The summed E-state index contributed by atoms with van der Waals surface area (Å²) in [5.74, 6) is 0. The minimum absolute atomic E-state index is 0.395. The van der Waals surface area contributed by atoms with Crippen molar-refractivity contribution in [2.45, 2.75) is 18.9 Å². The topological polar surface area (TPSA) is 67.5 Å². The van der Waals surface area contributed by atoms with E-state index in [9.17, 15) is 5.11 Å². The van der Waals surface area contributed by atoms with Crippen molar-refractivity contribution in [2.24, 2.45) is 0 Å². The van der Waals surface area contributed by atoms with Crippen LogP contribution in [0, 0.1) is 6.92 Å². The number of ether oxygens (including phenoxy) is 1. The lowest BCUT2D eigenvalue weighted by Gasteiger charge is -2.22. The van der Waals surface area contributed by atoms with E-state index in [1.54, 1.807) is 0 Å². The molecule has 1 aliphatic rings. The van der Waals surface area contributed by atoms with Gasteiger partial charge in [-0.3, -0.25) is 0 Å². The van der Waals surface area contributed by atoms with Crippen molar-refractivity contribution in [1.29, 1.82) is 0 Å². The molecular formula is C12H18N2O2. The first-order chi connectivity index (χ1) is 7.59. The van der Waals surface area contributed by atoms with Crippen LogP contribution in [0.2, 0.25) is 0 Å². The van der Waals surface area contributed by atoms with Crippen molar-refractivity contribution in [3.05, 3.63) is 23.8 Å². The van der Waals surface area contributed by atoms with Gasteiger partial charge in [-0.2, -0.15) is 0 Å². The molecule has 1 unspecified atom stereocenters. The smallest absolute Gasteiger partial charge is 0.107 e. The van der Waals surface area contributed by atoms with E-state index >= 15 is 0 Å². The van der Waals surface area contributed by atoms with Gasteiger partial charge in [0.15, 0.2) is 0 Å². The molecular weight excluding hydrogens is 204 g/mol. The maximum absolute atomic E-state index is 10.1. The highest BCUT2D eigenvalue weighted by Crippen LogP contribution is 2.23. The van der Waals surface area contributed by atoms with Crippen molar-refractivity contribution in [3.8, 4) is 0 Å². The van der Waals surface area contributed by atoms with Crippen LogP contribution in [-0.4, -0.2) is 30.5 Å². The number of nitrogen functional groups attached to an aromatic ring is 1. The first-order valence-corrected chi connectivity index (χ1v) is 5.49. The Morgan fingerprint density at radius 1 is 1.56 bits per heavy atom. The van der Waals surface area contributed by atoms with Crippen LogP contribution in [-0.2, 0) is 4.74 Å². The summed E-state index contributed by atoms with van der Waals surface area (Å²) in [6.45, 7) is 3.49. The molecule has 0 spiro atoms. The minimum atomic E-state index is -0.753. The molecule has 1 aliphatic heterocycles. The molecule has 88 valence electrons. The van der Waals surface area contributed by atoms with Gasteiger partial charge in [-0.1, -0.05) is 6.07 Å². The largest absolute Gasteiger partial charge is 0.397 e. The number of anilines is 2. The normalized spacial score (nSPS) is 24.6. The molecule has 1 fully saturated rings. The third-order valence-corrected chi connectivity index (χ3v) is 2.90. The number of benzene rings is 1. The van der Waals surface area contributed by atoms with Gasteiger partial charge < -0.3 is 20.9 Å². The summed E-state index contributed by atoms with van der Waals surface area (Å²) in [6.07, 6.45) is 0.672. The molecule has 1 atom stereocenters. The van der Waals surface area contributed by atoms with Gasteiger partial charge in [-0.05, 0) is 24.6 Å². The second-order valence-electron chi connectivity index (χ2n) is 4.47. The summed E-state index contributed by atoms with van der Waals surface area (Å²) in [6, 6.07) is 5.84. The Balaban J connectivity index is 1.99. The summed E-state index contributed by atoms with van der Waals surface area (Å²) < 4.78 is 5.18. The van der Waals surface area contributed by atoms with E-state index < -0.39 is 5.60 Å². The lowest BCUT2D eigenvalue weighted by Crippen LogP contribution is -2.37. The molecule has 0 saturated carbocycles. The van der Waals surface area contributed by atoms with Gasteiger partial charge in [0, 0.05) is 19.6 Å². The number of aliphatic hydroxyl groups is 1. The van der Waals surface area contributed by atoms with E-state index in [2.05, 4.69) is 5.32 Å². The Kier molecular flexibility index (Phi) is 3.03. The fourth-order valence-electron chi connectivity index (χ4n) is 1.84. The van der Waals surface area contributed by atoms with E-state index in [4.69, 9.17) is 10.5 Å². The maximum atomic E-state index is 10.1. The second kappa shape index (κ2) is 4.31. The van der Waals surface area contributed by atoms with Crippen LogP contribution in [0.3, 0.4) is 0 Å². The molecule has 0 bridgehead atoms. The summed E-state index contributed by atoms with van der Waals surface area (Å²) in [4.78, 5) is 0. The number of hydrogen-bond acceptors (Lipinski definition) is 4. The number of nitrogens with two attached hydrogens (primary N) is 1. The summed E-state index contributed by atoms with van der Waals surface area (Å²) in [7, 11) is 0. The highest BCUT2D eigenvalue weighted by atomic mass is 16.5. The third kappa shape index (κ3) is 2.46. The van der Waals surface area contributed by atoms with Gasteiger partial charge >= 0.3 is 0 Å². The molecule has 1 saturated heterocycles. The van der Waals surface area contributed by atoms with Crippen molar-refractivity contribution in [2.75, 3.05) is 30.8 Å². The zero-order valence-corrected chi connectivity index (χ0v) is 9.49. The second-order valence-corrected chi connectivity index (χ2v) is 4.47. The van der Waals surface area contributed by atoms with Crippen LogP contribution < -0.4 is 11.1 Å². The number of nitrogens with one attached hydrogen (secondary N) is 1. The van der Waals surface area contributed by atoms with E-state index in [1.807, 2.05) is 25.1 Å². The van der Waals surface area contributed by atoms with E-state index in [0.717, 1.165) is 11.3 Å². The summed E-state index contributed by atoms with van der Waals surface area (Å²) >= 11 is 0. The standard InChI is InChI=1S/C12H18N2O2/c1-9-2-3-11(10(13)6-9)14-7-12(15)4-5-16-8-12/h2-3,6,14-15H,4-5,7-8,13H2,1H3. The predicted octanol–water partition coefficient (Wildman–Crippen LogP) is 1.14. The first-order valence-electron chi connectivity index (χ1n) is 5.49. The van der Waals surface area contributed by atoms with Gasteiger partial charge in [0.25, 0.3) is 0 Å². The van der Waals surface area contributed by atoms with Crippen LogP contribution in [0.5, 0.6) is 0 Å². The van der Waals surface area contributed by atoms with Crippen LogP contribution in [0.15, 0.2) is 18.2 Å². The average molecular weight is 222 g/mol. The monoisotopic (exact) mass is 222 g/mol. The number of rotatable bonds is 3. The zero-order chi connectivity index (χ0) is 11.6. The SMILES string of the molecule is Cc1ccc(NCC2(O)CCOC2)c(N)c1. The van der Waals surface area contributed by atoms with Crippen molar-refractivity contribution in [1.82, 2.24) is 0 Å². The van der Waals surface area contributed by atoms with E-state index in [0.29, 0.717) is 31.9 Å².